The number of fused-ring (bicyclic) bond motifs is 1. The predicted octanol–water partition coefficient (Wildman–Crippen LogP) is 2.49. The quantitative estimate of drug-likeness (QED) is 0.834. The van der Waals surface area contributed by atoms with Gasteiger partial charge in [-0.1, -0.05) is 12.1 Å². The highest BCUT2D eigenvalue weighted by atomic mass is 127. The maximum atomic E-state index is 9.89. The van der Waals surface area contributed by atoms with Gasteiger partial charge < -0.3 is 5.11 Å². The predicted molar refractivity (Wildman–Crippen MR) is 76.7 cm³/mol. The van der Waals surface area contributed by atoms with E-state index in [-0.39, 0.29) is 6.10 Å². The molecule has 3 atom stereocenters. The standard InChI is InChI=1S/C14H18INO/c15-12-4-1-10(2-5-12)7-16-8-11-3-6-14(17)13(11)9-16/h1-2,4-5,11,13-14,17H,3,6-9H2. The largest absolute Gasteiger partial charge is 0.393 e. The average molecular weight is 343 g/mol. The van der Waals surface area contributed by atoms with Gasteiger partial charge in [0.2, 0.25) is 0 Å². The van der Waals surface area contributed by atoms with Gasteiger partial charge in [0.25, 0.3) is 0 Å². The van der Waals surface area contributed by atoms with E-state index in [0.717, 1.165) is 25.4 Å². The molecule has 92 valence electrons. The summed E-state index contributed by atoms with van der Waals surface area (Å²) < 4.78 is 1.29. The van der Waals surface area contributed by atoms with E-state index >= 15 is 0 Å². The van der Waals surface area contributed by atoms with Gasteiger partial charge in [0.15, 0.2) is 0 Å². The summed E-state index contributed by atoms with van der Waals surface area (Å²) in [6.45, 7) is 3.29. The summed E-state index contributed by atoms with van der Waals surface area (Å²) in [6, 6.07) is 8.77. The van der Waals surface area contributed by atoms with Gasteiger partial charge in [-0.25, -0.2) is 0 Å². The second-order valence-electron chi connectivity index (χ2n) is 5.39. The number of rotatable bonds is 2. The van der Waals surface area contributed by atoms with E-state index in [9.17, 15) is 5.11 Å². The Labute approximate surface area is 116 Å². The summed E-state index contributed by atoms with van der Waals surface area (Å²) in [5, 5.41) is 9.89. The number of aliphatic hydroxyl groups is 1. The number of hydrogen-bond acceptors (Lipinski definition) is 2. The fourth-order valence-electron chi connectivity index (χ4n) is 3.31. The molecule has 2 fully saturated rings. The summed E-state index contributed by atoms with van der Waals surface area (Å²) in [5.74, 6) is 1.28. The molecular formula is C14H18INO. The smallest absolute Gasteiger partial charge is 0.0583 e. The second kappa shape index (κ2) is 4.86. The average Bonchev–Trinajstić information content (AvgIpc) is 2.85. The van der Waals surface area contributed by atoms with Crippen molar-refractivity contribution in [2.75, 3.05) is 13.1 Å². The number of benzene rings is 1. The Morgan fingerprint density at radius 2 is 1.94 bits per heavy atom. The molecule has 2 nitrogen and oxygen atoms in total. The minimum absolute atomic E-state index is 0.0401. The van der Waals surface area contributed by atoms with Crippen molar-refractivity contribution in [2.24, 2.45) is 11.8 Å². The molecular weight excluding hydrogens is 325 g/mol. The molecule has 1 saturated carbocycles. The fraction of sp³-hybridized carbons (Fsp3) is 0.571. The molecule has 1 aliphatic carbocycles. The van der Waals surface area contributed by atoms with Crippen molar-refractivity contribution in [3.63, 3.8) is 0 Å². The highest BCUT2D eigenvalue weighted by molar-refractivity contribution is 14.1. The van der Waals surface area contributed by atoms with Crippen LogP contribution in [0.3, 0.4) is 0 Å². The number of hydrogen-bond donors (Lipinski definition) is 1. The van der Waals surface area contributed by atoms with Crippen LogP contribution >= 0.6 is 22.6 Å². The number of likely N-dealkylation sites (tertiary alicyclic amines) is 1. The van der Waals surface area contributed by atoms with Crippen LogP contribution in [-0.4, -0.2) is 29.2 Å². The maximum Gasteiger partial charge on any atom is 0.0583 e. The zero-order chi connectivity index (χ0) is 11.8. The topological polar surface area (TPSA) is 23.5 Å². The monoisotopic (exact) mass is 343 g/mol. The molecule has 1 heterocycles. The van der Waals surface area contributed by atoms with Gasteiger partial charge in [-0.2, -0.15) is 0 Å². The normalized spacial score (nSPS) is 32.9. The van der Waals surface area contributed by atoms with Gasteiger partial charge in [0.1, 0.15) is 0 Å². The Bertz CT molecular complexity index is 392. The Hall–Kier alpha value is -0.130. The van der Waals surface area contributed by atoms with Crippen LogP contribution in [0.1, 0.15) is 18.4 Å². The van der Waals surface area contributed by atoms with Crippen molar-refractivity contribution in [3.05, 3.63) is 33.4 Å². The van der Waals surface area contributed by atoms with Crippen molar-refractivity contribution in [3.8, 4) is 0 Å². The van der Waals surface area contributed by atoms with Gasteiger partial charge in [-0.15, -0.1) is 0 Å². The lowest BCUT2D eigenvalue weighted by molar-refractivity contribution is 0.123. The number of nitrogens with zero attached hydrogens (tertiary/aromatic N) is 1. The van der Waals surface area contributed by atoms with E-state index in [1.54, 1.807) is 0 Å². The first-order valence-corrected chi connectivity index (χ1v) is 7.45. The van der Waals surface area contributed by atoms with Gasteiger partial charge in [-0.05, 0) is 59.0 Å². The highest BCUT2D eigenvalue weighted by Gasteiger charge is 2.41. The third-order valence-electron chi connectivity index (χ3n) is 4.21. The van der Waals surface area contributed by atoms with Crippen LogP contribution in [0.4, 0.5) is 0 Å². The molecule has 0 spiro atoms. The van der Waals surface area contributed by atoms with Crippen molar-refractivity contribution >= 4 is 22.6 Å². The molecule has 0 radical (unpaired) electrons. The summed E-state index contributed by atoms with van der Waals surface area (Å²) in [4.78, 5) is 2.50. The van der Waals surface area contributed by atoms with Crippen LogP contribution in [0.15, 0.2) is 24.3 Å². The fourth-order valence-corrected chi connectivity index (χ4v) is 3.67. The molecule has 1 aromatic rings. The molecule has 0 bridgehead atoms. The third-order valence-corrected chi connectivity index (χ3v) is 4.93. The molecule has 3 unspecified atom stereocenters. The third kappa shape index (κ3) is 2.51. The van der Waals surface area contributed by atoms with Gasteiger partial charge >= 0.3 is 0 Å². The summed E-state index contributed by atoms with van der Waals surface area (Å²) >= 11 is 2.34. The molecule has 3 rings (SSSR count). The van der Waals surface area contributed by atoms with Gasteiger partial charge in [-0.3, -0.25) is 4.90 Å². The molecule has 17 heavy (non-hydrogen) atoms. The summed E-state index contributed by atoms with van der Waals surface area (Å²) in [6.07, 6.45) is 2.20. The van der Waals surface area contributed by atoms with Crippen molar-refractivity contribution < 1.29 is 5.11 Å². The maximum absolute atomic E-state index is 9.89. The zero-order valence-corrected chi connectivity index (χ0v) is 12.0. The van der Waals surface area contributed by atoms with Crippen LogP contribution < -0.4 is 0 Å². The Balaban J connectivity index is 1.62. The molecule has 1 N–H and O–H groups in total. The molecule has 2 aliphatic rings. The van der Waals surface area contributed by atoms with Crippen LogP contribution in [0.5, 0.6) is 0 Å². The van der Waals surface area contributed by atoms with Crippen molar-refractivity contribution in [2.45, 2.75) is 25.5 Å². The second-order valence-corrected chi connectivity index (χ2v) is 6.63. The van der Waals surface area contributed by atoms with Crippen molar-refractivity contribution in [1.29, 1.82) is 0 Å². The van der Waals surface area contributed by atoms with E-state index in [1.807, 2.05) is 0 Å². The number of halogens is 1. The zero-order valence-electron chi connectivity index (χ0n) is 9.85. The molecule has 1 saturated heterocycles. The highest BCUT2D eigenvalue weighted by Crippen LogP contribution is 2.38. The molecule has 1 aliphatic heterocycles. The molecule has 3 heteroatoms. The van der Waals surface area contributed by atoms with E-state index in [1.165, 1.54) is 22.1 Å². The van der Waals surface area contributed by atoms with Crippen LogP contribution in [0.25, 0.3) is 0 Å². The lowest BCUT2D eigenvalue weighted by Gasteiger charge is -2.18. The lowest BCUT2D eigenvalue weighted by Crippen LogP contribution is -2.24. The van der Waals surface area contributed by atoms with Crippen molar-refractivity contribution in [1.82, 2.24) is 4.90 Å². The molecule has 0 aromatic heterocycles. The van der Waals surface area contributed by atoms with E-state index in [4.69, 9.17) is 0 Å². The van der Waals surface area contributed by atoms with E-state index < -0.39 is 0 Å². The van der Waals surface area contributed by atoms with Crippen LogP contribution in [-0.2, 0) is 6.54 Å². The summed E-state index contributed by atoms with van der Waals surface area (Å²) in [7, 11) is 0. The Morgan fingerprint density at radius 1 is 1.18 bits per heavy atom. The Morgan fingerprint density at radius 3 is 2.65 bits per heavy atom. The first kappa shape index (κ1) is 11.9. The van der Waals surface area contributed by atoms with Gasteiger partial charge in [0.05, 0.1) is 6.10 Å². The van der Waals surface area contributed by atoms with E-state index in [2.05, 4.69) is 51.8 Å². The molecule has 1 aromatic carbocycles. The van der Waals surface area contributed by atoms with E-state index in [0.29, 0.717) is 5.92 Å². The molecule has 0 amide bonds. The Kier molecular flexibility index (Phi) is 3.41. The number of aliphatic hydroxyl groups excluding tert-OH is 1. The first-order chi connectivity index (χ1) is 8.22. The summed E-state index contributed by atoms with van der Waals surface area (Å²) in [5.41, 5.74) is 1.39. The van der Waals surface area contributed by atoms with Crippen LogP contribution in [0.2, 0.25) is 0 Å². The SMILES string of the molecule is OC1CCC2CN(Cc3ccc(I)cc3)CC12. The lowest BCUT2D eigenvalue weighted by atomic mass is 10.00. The minimum Gasteiger partial charge on any atom is -0.393 e. The minimum atomic E-state index is -0.0401. The van der Waals surface area contributed by atoms with Crippen LogP contribution in [0, 0.1) is 15.4 Å². The van der Waals surface area contributed by atoms with Gasteiger partial charge in [0, 0.05) is 29.1 Å². The first-order valence-electron chi connectivity index (χ1n) is 6.37.